The Morgan fingerprint density at radius 2 is 1.87 bits per heavy atom. The standard InChI is InChI=1S/C25H32N2O3/c1-17-14-23(29-16-20-4-5-20)10-11-25(17)27-13-12-24(15-27)30-22-8-6-21(7-9-22)18(2)26-19(3)28/h6-11,14,18,20,24H,4-5,12-13,15-16H2,1-3H3,(H,26,28). The quantitative estimate of drug-likeness (QED) is 0.691. The Bertz CT molecular complexity index is 876. The maximum absolute atomic E-state index is 11.2. The van der Waals surface area contributed by atoms with Gasteiger partial charge in [-0.1, -0.05) is 12.1 Å². The third-order valence-corrected chi connectivity index (χ3v) is 5.94. The molecular weight excluding hydrogens is 376 g/mol. The summed E-state index contributed by atoms with van der Waals surface area (Å²) in [7, 11) is 0. The summed E-state index contributed by atoms with van der Waals surface area (Å²) in [6.07, 6.45) is 3.80. The summed E-state index contributed by atoms with van der Waals surface area (Å²) >= 11 is 0. The van der Waals surface area contributed by atoms with E-state index in [1.54, 1.807) is 0 Å². The van der Waals surface area contributed by atoms with Crippen molar-refractivity contribution in [2.24, 2.45) is 5.92 Å². The molecule has 0 spiro atoms. The number of carbonyl (C=O) groups is 1. The second kappa shape index (κ2) is 8.99. The van der Waals surface area contributed by atoms with Gasteiger partial charge in [-0.05, 0) is 74.1 Å². The van der Waals surface area contributed by atoms with Gasteiger partial charge in [0.15, 0.2) is 0 Å². The number of hydrogen-bond donors (Lipinski definition) is 1. The van der Waals surface area contributed by atoms with Crippen molar-refractivity contribution >= 4 is 11.6 Å². The maximum Gasteiger partial charge on any atom is 0.217 e. The first-order chi connectivity index (χ1) is 14.5. The van der Waals surface area contributed by atoms with Crippen LogP contribution in [0.5, 0.6) is 11.5 Å². The number of nitrogens with one attached hydrogen (secondary N) is 1. The molecule has 2 aromatic rings. The van der Waals surface area contributed by atoms with Crippen molar-refractivity contribution in [2.75, 3.05) is 24.6 Å². The molecule has 0 bridgehead atoms. The molecule has 0 aromatic heterocycles. The molecule has 2 fully saturated rings. The van der Waals surface area contributed by atoms with E-state index in [0.29, 0.717) is 0 Å². The van der Waals surface area contributed by atoms with Crippen molar-refractivity contribution in [3.8, 4) is 11.5 Å². The SMILES string of the molecule is CC(=O)NC(C)c1ccc(OC2CCN(c3ccc(OCC4CC4)cc3C)C2)cc1. The lowest BCUT2D eigenvalue weighted by atomic mass is 10.1. The number of nitrogens with zero attached hydrogens (tertiary/aromatic N) is 1. The van der Waals surface area contributed by atoms with Crippen molar-refractivity contribution in [3.05, 3.63) is 53.6 Å². The van der Waals surface area contributed by atoms with E-state index in [1.165, 1.54) is 31.0 Å². The number of benzene rings is 2. The summed E-state index contributed by atoms with van der Waals surface area (Å²) < 4.78 is 12.1. The minimum atomic E-state index is -0.0216. The van der Waals surface area contributed by atoms with Crippen LogP contribution >= 0.6 is 0 Å². The van der Waals surface area contributed by atoms with Crippen LogP contribution in [0.2, 0.25) is 0 Å². The molecule has 160 valence electrons. The summed E-state index contributed by atoms with van der Waals surface area (Å²) in [6, 6.07) is 14.5. The number of hydrogen-bond acceptors (Lipinski definition) is 4. The van der Waals surface area contributed by atoms with E-state index in [9.17, 15) is 4.79 Å². The van der Waals surface area contributed by atoms with E-state index in [4.69, 9.17) is 9.47 Å². The Morgan fingerprint density at radius 3 is 2.53 bits per heavy atom. The molecule has 1 aliphatic heterocycles. The van der Waals surface area contributed by atoms with Gasteiger partial charge in [-0.3, -0.25) is 4.79 Å². The summed E-state index contributed by atoms with van der Waals surface area (Å²) in [4.78, 5) is 13.6. The predicted octanol–water partition coefficient (Wildman–Crippen LogP) is 4.64. The number of amides is 1. The Hall–Kier alpha value is -2.69. The smallest absolute Gasteiger partial charge is 0.217 e. The maximum atomic E-state index is 11.2. The zero-order valence-corrected chi connectivity index (χ0v) is 18.2. The van der Waals surface area contributed by atoms with Crippen molar-refractivity contribution in [1.29, 1.82) is 0 Å². The van der Waals surface area contributed by atoms with Crippen LogP contribution in [0, 0.1) is 12.8 Å². The number of ether oxygens (including phenoxy) is 2. The Balaban J connectivity index is 1.31. The second-order valence-electron chi connectivity index (χ2n) is 8.67. The first-order valence-corrected chi connectivity index (χ1v) is 11.0. The van der Waals surface area contributed by atoms with E-state index in [-0.39, 0.29) is 18.1 Å². The van der Waals surface area contributed by atoms with Gasteiger partial charge in [0.2, 0.25) is 5.91 Å². The van der Waals surface area contributed by atoms with Gasteiger partial charge in [0.05, 0.1) is 19.2 Å². The lowest BCUT2D eigenvalue weighted by molar-refractivity contribution is -0.119. The average Bonchev–Trinajstić information content (AvgIpc) is 3.44. The fourth-order valence-corrected chi connectivity index (χ4v) is 4.03. The molecule has 2 aromatic carbocycles. The van der Waals surface area contributed by atoms with Gasteiger partial charge in [0, 0.05) is 25.6 Å². The molecule has 30 heavy (non-hydrogen) atoms. The fourth-order valence-electron chi connectivity index (χ4n) is 4.03. The molecular formula is C25H32N2O3. The van der Waals surface area contributed by atoms with E-state index < -0.39 is 0 Å². The minimum absolute atomic E-state index is 0.00211. The molecule has 5 nitrogen and oxygen atoms in total. The van der Waals surface area contributed by atoms with Crippen molar-refractivity contribution < 1.29 is 14.3 Å². The van der Waals surface area contributed by atoms with Crippen molar-refractivity contribution in [2.45, 2.75) is 52.2 Å². The van der Waals surface area contributed by atoms with Crippen LogP contribution in [0.3, 0.4) is 0 Å². The molecule has 1 heterocycles. The number of rotatable bonds is 8. The number of aryl methyl sites for hydroxylation is 1. The Morgan fingerprint density at radius 1 is 1.13 bits per heavy atom. The van der Waals surface area contributed by atoms with Crippen LogP contribution in [0.1, 0.15) is 50.3 Å². The molecule has 2 aliphatic rings. The van der Waals surface area contributed by atoms with Crippen LogP contribution in [0.4, 0.5) is 5.69 Å². The van der Waals surface area contributed by atoms with Crippen LogP contribution in [0.25, 0.3) is 0 Å². The monoisotopic (exact) mass is 408 g/mol. The highest BCUT2D eigenvalue weighted by atomic mass is 16.5. The van der Waals surface area contributed by atoms with E-state index >= 15 is 0 Å². The van der Waals surface area contributed by atoms with Gasteiger partial charge in [-0.15, -0.1) is 0 Å². The molecule has 0 radical (unpaired) electrons. The van der Waals surface area contributed by atoms with Gasteiger partial charge in [-0.2, -0.15) is 0 Å². The molecule has 2 unspecified atom stereocenters. The first kappa shape index (κ1) is 20.6. The molecule has 5 heteroatoms. The van der Waals surface area contributed by atoms with Crippen molar-refractivity contribution in [1.82, 2.24) is 5.32 Å². The zero-order chi connectivity index (χ0) is 21.1. The Labute approximate surface area is 179 Å². The average molecular weight is 409 g/mol. The topological polar surface area (TPSA) is 50.8 Å². The van der Waals surface area contributed by atoms with Gasteiger partial charge in [0.1, 0.15) is 17.6 Å². The summed E-state index contributed by atoms with van der Waals surface area (Å²) in [5.74, 6) is 2.60. The molecule has 4 rings (SSSR count). The highest BCUT2D eigenvalue weighted by Gasteiger charge is 2.26. The molecule has 1 saturated carbocycles. The summed E-state index contributed by atoms with van der Waals surface area (Å²) in [6.45, 7) is 8.40. The number of carbonyl (C=O) groups excluding carboxylic acids is 1. The predicted molar refractivity (Wildman–Crippen MR) is 119 cm³/mol. The highest BCUT2D eigenvalue weighted by Crippen LogP contribution is 2.32. The molecule has 1 saturated heterocycles. The largest absolute Gasteiger partial charge is 0.493 e. The van der Waals surface area contributed by atoms with Crippen LogP contribution in [-0.2, 0) is 4.79 Å². The fraction of sp³-hybridized carbons (Fsp3) is 0.480. The zero-order valence-electron chi connectivity index (χ0n) is 18.2. The molecule has 1 N–H and O–H groups in total. The van der Waals surface area contributed by atoms with Gasteiger partial charge >= 0.3 is 0 Å². The van der Waals surface area contributed by atoms with Crippen LogP contribution < -0.4 is 19.7 Å². The minimum Gasteiger partial charge on any atom is -0.493 e. The van der Waals surface area contributed by atoms with Gasteiger partial charge in [-0.25, -0.2) is 0 Å². The highest BCUT2D eigenvalue weighted by molar-refractivity contribution is 5.73. The van der Waals surface area contributed by atoms with Crippen molar-refractivity contribution in [3.63, 3.8) is 0 Å². The van der Waals surface area contributed by atoms with E-state index in [1.807, 2.05) is 31.2 Å². The van der Waals surface area contributed by atoms with Crippen LogP contribution in [0.15, 0.2) is 42.5 Å². The third kappa shape index (κ3) is 5.26. The van der Waals surface area contributed by atoms with Gasteiger partial charge < -0.3 is 19.7 Å². The lowest BCUT2D eigenvalue weighted by Crippen LogP contribution is -2.25. The number of anilines is 1. The second-order valence-corrected chi connectivity index (χ2v) is 8.67. The summed E-state index contributed by atoms with van der Waals surface area (Å²) in [5, 5.41) is 2.91. The molecule has 2 atom stereocenters. The first-order valence-electron chi connectivity index (χ1n) is 11.0. The molecule has 1 aliphatic carbocycles. The lowest BCUT2D eigenvalue weighted by Gasteiger charge is -2.22. The van der Waals surface area contributed by atoms with Crippen LogP contribution in [-0.4, -0.2) is 31.7 Å². The molecule has 1 amide bonds. The Kier molecular flexibility index (Phi) is 6.16. The normalized spacial score (nSPS) is 19.4. The van der Waals surface area contributed by atoms with E-state index in [2.05, 4.69) is 35.3 Å². The summed E-state index contributed by atoms with van der Waals surface area (Å²) in [5.41, 5.74) is 3.59. The van der Waals surface area contributed by atoms with Gasteiger partial charge in [0.25, 0.3) is 0 Å². The third-order valence-electron chi connectivity index (χ3n) is 5.94. The van der Waals surface area contributed by atoms with E-state index in [0.717, 1.165) is 49.1 Å².